The molecule has 0 amide bonds. The summed E-state index contributed by atoms with van der Waals surface area (Å²) in [5.41, 5.74) is 0.559. The fraction of sp³-hybridized carbons (Fsp3) is 0.778. The molecule has 2 rings (SSSR count). The molecule has 0 aliphatic heterocycles. The Morgan fingerprint density at radius 1 is 1.57 bits per heavy atom. The van der Waals surface area contributed by atoms with Crippen molar-refractivity contribution in [1.82, 2.24) is 15.0 Å². The van der Waals surface area contributed by atoms with Gasteiger partial charge in [-0.25, -0.2) is 4.68 Å². The van der Waals surface area contributed by atoms with Crippen LogP contribution in [0.3, 0.4) is 0 Å². The van der Waals surface area contributed by atoms with Crippen LogP contribution in [0.2, 0.25) is 0 Å². The van der Waals surface area contributed by atoms with Gasteiger partial charge >= 0.3 is 0 Å². The second-order valence-electron chi connectivity index (χ2n) is 3.86. The lowest BCUT2D eigenvalue weighted by atomic mass is 10.2. The summed E-state index contributed by atoms with van der Waals surface area (Å²) in [5, 5.41) is 26.7. The highest BCUT2D eigenvalue weighted by Crippen LogP contribution is 2.29. The van der Waals surface area contributed by atoms with E-state index in [0.717, 1.165) is 19.3 Å². The lowest BCUT2D eigenvalue weighted by Crippen LogP contribution is -2.18. The molecule has 2 N–H and O–H groups in total. The molecule has 0 saturated heterocycles. The van der Waals surface area contributed by atoms with E-state index >= 15 is 0 Å². The normalized spacial score (nSPS) is 29.4. The van der Waals surface area contributed by atoms with Crippen molar-refractivity contribution in [2.75, 3.05) is 0 Å². The molecule has 0 spiro atoms. The van der Waals surface area contributed by atoms with E-state index in [-0.39, 0.29) is 12.1 Å². The van der Waals surface area contributed by atoms with Crippen LogP contribution in [-0.2, 0) is 0 Å². The zero-order valence-corrected chi connectivity index (χ0v) is 8.17. The van der Waals surface area contributed by atoms with Crippen molar-refractivity contribution < 1.29 is 10.2 Å². The highest BCUT2D eigenvalue weighted by molar-refractivity contribution is 4.97. The predicted octanol–water partition coefficient (Wildman–Crippen LogP) is 0.417. The summed E-state index contributed by atoms with van der Waals surface area (Å²) < 4.78 is 1.67. The molecule has 1 aliphatic carbocycles. The number of nitrogens with zero attached hydrogens (tertiary/aromatic N) is 3. The van der Waals surface area contributed by atoms with Crippen molar-refractivity contribution >= 4 is 0 Å². The van der Waals surface area contributed by atoms with Gasteiger partial charge in [0.1, 0.15) is 5.69 Å². The van der Waals surface area contributed by atoms with E-state index in [9.17, 15) is 10.2 Å². The first-order valence-corrected chi connectivity index (χ1v) is 4.96. The molecule has 2 unspecified atom stereocenters. The van der Waals surface area contributed by atoms with Gasteiger partial charge in [-0.2, -0.15) is 0 Å². The van der Waals surface area contributed by atoms with Crippen molar-refractivity contribution in [3.63, 3.8) is 0 Å². The minimum Gasteiger partial charge on any atom is -0.391 e. The number of aliphatic hydroxyl groups is 2. The zero-order valence-electron chi connectivity index (χ0n) is 8.17. The first-order valence-electron chi connectivity index (χ1n) is 4.96. The number of aromatic nitrogens is 3. The molecule has 3 atom stereocenters. The molecule has 0 radical (unpaired) electrons. The van der Waals surface area contributed by atoms with Crippen LogP contribution in [0.1, 0.15) is 44.0 Å². The third-order valence-corrected chi connectivity index (χ3v) is 2.74. The van der Waals surface area contributed by atoms with Gasteiger partial charge in [0.15, 0.2) is 0 Å². The Morgan fingerprint density at radius 3 is 2.86 bits per heavy atom. The SMILES string of the molecule is C[C@@H](O)c1cn(C2CCCC2O)nn1. The van der Waals surface area contributed by atoms with Crippen LogP contribution in [0, 0.1) is 0 Å². The van der Waals surface area contributed by atoms with Crippen molar-refractivity contribution in [3.8, 4) is 0 Å². The summed E-state index contributed by atoms with van der Waals surface area (Å²) in [5.74, 6) is 0. The molecule has 1 heterocycles. The van der Waals surface area contributed by atoms with Gasteiger partial charge in [-0.3, -0.25) is 0 Å². The molecule has 0 aromatic carbocycles. The van der Waals surface area contributed by atoms with Crippen LogP contribution >= 0.6 is 0 Å². The number of hydrogen-bond acceptors (Lipinski definition) is 4. The fourth-order valence-corrected chi connectivity index (χ4v) is 1.87. The van der Waals surface area contributed by atoms with Gasteiger partial charge in [0.05, 0.1) is 24.4 Å². The first kappa shape index (κ1) is 9.61. The van der Waals surface area contributed by atoms with E-state index in [4.69, 9.17) is 0 Å². The molecule has 5 heteroatoms. The maximum Gasteiger partial charge on any atom is 0.111 e. The number of hydrogen-bond donors (Lipinski definition) is 2. The topological polar surface area (TPSA) is 71.2 Å². The molecular weight excluding hydrogens is 182 g/mol. The van der Waals surface area contributed by atoms with Crippen molar-refractivity contribution in [2.24, 2.45) is 0 Å². The van der Waals surface area contributed by atoms with E-state index in [1.165, 1.54) is 0 Å². The highest BCUT2D eigenvalue weighted by atomic mass is 16.3. The average Bonchev–Trinajstić information content (AvgIpc) is 2.71. The van der Waals surface area contributed by atoms with Crippen LogP contribution < -0.4 is 0 Å². The van der Waals surface area contributed by atoms with E-state index in [1.54, 1.807) is 17.8 Å². The second-order valence-corrected chi connectivity index (χ2v) is 3.86. The highest BCUT2D eigenvalue weighted by Gasteiger charge is 2.27. The van der Waals surface area contributed by atoms with Gasteiger partial charge < -0.3 is 10.2 Å². The average molecular weight is 197 g/mol. The Hall–Kier alpha value is -0.940. The Bertz CT molecular complexity index is 311. The predicted molar refractivity (Wildman–Crippen MR) is 49.6 cm³/mol. The Labute approximate surface area is 82.4 Å². The third kappa shape index (κ3) is 1.65. The van der Waals surface area contributed by atoms with Gasteiger partial charge in [-0.05, 0) is 26.2 Å². The summed E-state index contributed by atoms with van der Waals surface area (Å²) in [7, 11) is 0. The van der Waals surface area contributed by atoms with Gasteiger partial charge in [-0.15, -0.1) is 5.10 Å². The van der Waals surface area contributed by atoms with Gasteiger partial charge in [0.25, 0.3) is 0 Å². The van der Waals surface area contributed by atoms with E-state index in [0.29, 0.717) is 5.69 Å². The number of rotatable bonds is 2. The third-order valence-electron chi connectivity index (χ3n) is 2.74. The van der Waals surface area contributed by atoms with E-state index in [1.807, 2.05) is 0 Å². The molecule has 0 bridgehead atoms. The molecular formula is C9H15N3O2. The standard InChI is InChI=1S/C9H15N3O2/c1-6(13)7-5-12(11-10-7)8-3-2-4-9(8)14/h5-6,8-9,13-14H,2-4H2,1H3/t6-,8?,9?/m1/s1. The van der Waals surface area contributed by atoms with Crippen LogP contribution in [0.5, 0.6) is 0 Å². The van der Waals surface area contributed by atoms with Crippen molar-refractivity contribution in [2.45, 2.75) is 44.4 Å². The summed E-state index contributed by atoms with van der Waals surface area (Å²) in [4.78, 5) is 0. The molecule has 1 fully saturated rings. The first-order chi connectivity index (χ1) is 6.68. The van der Waals surface area contributed by atoms with Crippen LogP contribution in [-0.4, -0.2) is 31.3 Å². The monoisotopic (exact) mass is 197 g/mol. The molecule has 5 nitrogen and oxygen atoms in total. The molecule has 1 aromatic heterocycles. The van der Waals surface area contributed by atoms with E-state index in [2.05, 4.69) is 10.3 Å². The van der Waals surface area contributed by atoms with Gasteiger partial charge in [0, 0.05) is 0 Å². The van der Waals surface area contributed by atoms with Crippen LogP contribution in [0.25, 0.3) is 0 Å². The summed E-state index contributed by atoms with van der Waals surface area (Å²) in [6, 6.07) is 0.0370. The Balaban J connectivity index is 2.16. The molecule has 78 valence electrons. The van der Waals surface area contributed by atoms with E-state index < -0.39 is 6.10 Å². The lowest BCUT2D eigenvalue weighted by molar-refractivity contribution is 0.129. The smallest absolute Gasteiger partial charge is 0.111 e. The van der Waals surface area contributed by atoms with Crippen molar-refractivity contribution in [3.05, 3.63) is 11.9 Å². The summed E-state index contributed by atoms with van der Waals surface area (Å²) >= 11 is 0. The Kier molecular flexibility index (Phi) is 2.52. The van der Waals surface area contributed by atoms with Crippen LogP contribution in [0.15, 0.2) is 6.20 Å². The quantitative estimate of drug-likeness (QED) is 0.720. The molecule has 14 heavy (non-hydrogen) atoms. The van der Waals surface area contributed by atoms with Crippen LogP contribution in [0.4, 0.5) is 0 Å². The maximum atomic E-state index is 9.64. The second kappa shape index (κ2) is 3.67. The maximum absolute atomic E-state index is 9.64. The molecule has 1 aromatic rings. The largest absolute Gasteiger partial charge is 0.391 e. The van der Waals surface area contributed by atoms with Crippen molar-refractivity contribution in [1.29, 1.82) is 0 Å². The summed E-state index contributed by atoms with van der Waals surface area (Å²) in [6.45, 7) is 1.65. The number of aliphatic hydroxyl groups excluding tert-OH is 2. The minimum atomic E-state index is -0.595. The lowest BCUT2D eigenvalue weighted by Gasteiger charge is -2.13. The Morgan fingerprint density at radius 2 is 2.36 bits per heavy atom. The minimum absolute atomic E-state index is 0.0370. The van der Waals surface area contributed by atoms with Gasteiger partial charge in [-0.1, -0.05) is 5.21 Å². The molecule has 1 aliphatic rings. The zero-order chi connectivity index (χ0) is 10.1. The fourth-order valence-electron chi connectivity index (χ4n) is 1.87. The summed E-state index contributed by atoms with van der Waals surface area (Å²) in [6.07, 6.45) is 3.58. The van der Waals surface area contributed by atoms with Gasteiger partial charge in [0.2, 0.25) is 0 Å². The molecule has 1 saturated carbocycles.